The first-order valence-corrected chi connectivity index (χ1v) is 7.80. The molecule has 1 N–H and O–H groups in total. The molecule has 0 unspecified atom stereocenters. The predicted octanol–water partition coefficient (Wildman–Crippen LogP) is -0.234. The predicted molar refractivity (Wildman–Crippen MR) is 80.3 cm³/mol. The highest BCUT2D eigenvalue weighted by Crippen LogP contribution is 2.34. The Labute approximate surface area is 139 Å². The summed E-state index contributed by atoms with van der Waals surface area (Å²) in [4.78, 5) is 49.9. The largest absolute Gasteiger partial charge is 0.454 e. The number of carbonyl (C=O) groups is 4. The van der Waals surface area contributed by atoms with Crippen molar-refractivity contribution < 1.29 is 23.9 Å². The van der Waals surface area contributed by atoms with Gasteiger partial charge in [-0.25, -0.2) is 4.79 Å². The van der Waals surface area contributed by atoms with Crippen molar-refractivity contribution in [3.8, 4) is 6.07 Å². The van der Waals surface area contributed by atoms with Crippen LogP contribution in [0, 0.1) is 11.3 Å². The van der Waals surface area contributed by atoms with Crippen LogP contribution in [0.1, 0.15) is 32.1 Å². The van der Waals surface area contributed by atoms with E-state index in [2.05, 4.69) is 5.32 Å². The van der Waals surface area contributed by atoms with E-state index in [-0.39, 0.29) is 13.0 Å². The average Bonchev–Trinajstić information content (AvgIpc) is 3.11. The summed E-state index contributed by atoms with van der Waals surface area (Å²) in [5, 5.41) is 11.1. The van der Waals surface area contributed by atoms with Crippen molar-refractivity contribution >= 4 is 23.8 Å². The maximum absolute atomic E-state index is 12.4. The lowest BCUT2D eigenvalue weighted by atomic mass is 9.98. The number of nitriles is 1. The maximum atomic E-state index is 12.4. The van der Waals surface area contributed by atoms with Gasteiger partial charge < -0.3 is 15.0 Å². The number of rotatable bonds is 6. The molecule has 1 heterocycles. The number of amides is 4. The minimum Gasteiger partial charge on any atom is -0.454 e. The third kappa shape index (κ3) is 3.64. The number of hydrogen-bond acceptors (Lipinski definition) is 6. The van der Waals surface area contributed by atoms with Crippen molar-refractivity contribution in [1.29, 1.82) is 5.26 Å². The molecule has 1 spiro atoms. The number of nitrogens with one attached hydrogen (secondary N) is 1. The number of nitrogens with zero attached hydrogens (tertiary/aromatic N) is 3. The van der Waals surface area contributed by atoms with Crippen LogP contribution < -0.4 is 5.32 Å². The number of ether oxygens (including phenoxy) is 1. The third-order valence-corrected chi connectivity index (χ3v) is 4.33. The molecule has 1 aliphatic carbocycles. The summed E-state index contributed by atoms with van der Waals surface area (Å²) in [5.74, 6) is -1.68. The summed E-state index contributed by atoms with van der Waals surface area (Å²) in [7, 11) is 1.49. The minimum atomic E-state index is -0.870. The highest BCUT2D eigenvalue weighted by molar-refractivity contribution is 6.08. The van der Waals surface area contributed by atoms with Crippen LogP contribution in [0.2, 0.25) is 0 Å². The van der Waals surface area contributed by atoms with Gasteiger partial charge >= 0.3 is 12.0 Å². The van der Waals surface area contributed by atoms with E-state index in [1.54, 1.807) is 0 Å². The number of imide groups is 1. The van der Waals surface area contributed by atoms with Gasteiger partial charge in [0.1, 0.15) is 12.1 Å². The smallest absolute Gasteiger partial charge is 0.326 e. The van der Waals surface area contributed by atoms with Gasteiger partial charge in [0, 0.05) is 13.6 Å². The van der Waals surface area contributed by atoms with Gasteiger partial charge in [-0.1, -0.05) is 12.8 Å². The molecule has 2 fully saturated rings. The Morgan fingerprint density at radius 3 is 2.67 bits per heavy atom. The molecule has 0 atom stereocenters. The normalized spacial score (nSPS) is 18.4. The zero-order valence-electron chi connectivity index (χ0n) is 13.5. The first-order valence-electron chi connectivity index (χ1n) is 7.80. The molecule has 1 aliphatic heterocycles. The standard InChI is InChI=1S/C15H20N4O5/c1-18(8-4-7-16)11(20)10-24-12(21)9-19-13(22)15(17-14(19)23)5-2-3-6-15/h2-6,8-10H2,1H3,(H,17,23). The van der Waals surface area contributed by atoms with Gasteiger partial charge in [0.15, 0.2) is 6.61 Å². The van der Waals surface area contributed by atoms with Crippen molar-refractivity contribution in [2.24, 2.45) is 0 Å². The van der Waals surface area contributed by atoms with Crippen LogP contribution >= 0.6 is 0 Å². The van der Waals surface area contributed by atoms with Crippen molar-refractivity contribution in [3.63, 3.8) is 0 Å². The quantitative estimate of drug-likeness (QED) is 0.528. The van der Waals surface area contributed by atoms with E-state index in [9.17, 15) is 19.2 Å². The lowest BCUT2D eigenvalue weighted by Gasteiger charge is -2.19. The highest BCUT2D eigenvalue weighted by atomic mass is 16.5. The Balaban J connectivity index is 1.82. The molecule has 1 saturated heterocycles. The van der Waals surface area contributed by atoms with Gasteiger partial charge in [0.2, 0.25) is 0 Å². The van der Waals surface area contributed by atoms with Crippen LogP contribution in [0.15, 0.2) is 0 Å². The molecule has 9 heteroatoms. The Morgan fingerprint density at radius 1 is 1.38 bits per heavy atom. The van der Waals surface area contributed by atoms with E-state index in [0.717, 1.165) is 17.7 Å². The van der Waals surface area contributed by atoms with Gasteiger partial charge in [-0.15, -0.1) is 0 Å². The summed E-state index contributed by atoms with van der Waals surface area (Å²) >= 11 is 0. The summed E-state index contributed by atoms with van der Waals surface area (Å²) in [6.07, 6.45) is 3.04. The lowest BCUT2D eigenvalue weighted by Crippen LogP contribution is -2.44. The van der Waals surface area contributed by atoms with Crippen molar-refractivity contribution in [1.82, 2.24) is 15.1 Å². The molecule has 0 aromatic rings. The molecule has 130 valence electrons. The van der Waals surface area contributed by atoms with Gasteiger partial charge in [-0.05, 0) is 12.8 Å². The molecule has 1 saturated carbocycles. The van der Waals surface area contributed by atoms with Gasteiger partial charge in [-0.2, -0.15) is 5.26 Å². The molecular weight excluding hydrogens is 316 g/mol. The molecule has 9 nitrogen and oxygen atoms in total. The Bertz CT molecular complexity index is 591. The van der Waals surface area contributed by atoms with E-state index in [4.69, 9.17) is 10.00 Å². The van der Waals surface area contributed by atoms with Gasteiger partial charge in [0.25, 0.3) is 11.8 Å². The van der Waals surface area contributed by atoms with Gasteiger partial charge in [-0.3, -0.25) is 19.3 Å². The van der Waals surface area contributed by atoms with Crippen LogP contribution in [0.25, 0.3) is 0 Å². The lowest BCUT2D eigenvalue weighted by molar-refractivity contribution is -0.153. The average molecular weight is 336 g/mol. The molecule has 4 amide bonds. The molecule has 2 rings (SSSR count). The molecule has 0 bridgehead atoms. The second kappa shape index (κ2) is 7.29. The topological polar surface area (TPSA) is 120 Å². The monoisotopic (exact) mass is 336 g/mol. The molecule has 2 aliphatic rings. The first-order chi connectivity index (χ1) is 11.4. The minimum absolute atomic E-state index is 0.181. The van der Waals surface area contributed by atoms with Gasteiger partial charge in [0.05, 0.1) is 12.5 Å². The molecule has 0 aromatic heterocycles. The number of esters is 1. The zero-order chi connectivity index (χ0) is 17.7. The highest BCUT2D eigenvalue weighted by Gasteiger charge is 2.52. The number of carbonyl (C=O) groups excluding carboxylic acids is 4. The molecular formula is C15H20N4O5. The Kier molecular flexibility index (Phi) is 5.39. The second-order valence-corrected chi connectivity index (χ2v) is 5.99. The summed E-state index contributed by atoms with van der Waals surface area (Å²) in [5.41, 5.74) is -0.870. The zero-order valence-corrected chi connectivity index (χ0v) is 13.5. The first kappa shape index (κ1) is 17.7. The third-order valence-electron chi connectivity index (χ3n) is 4.33. The van der Waals surface area contributed by atoms with E-state index >= 15 is 0 Å². The van der Waals surface area contributed by atoms with E-state index in [1.165, 1.54) is 11.9 Å². The number of urea groups is 1. The van der Waals surface area contributed by atoms with Crippen molar-refractivity contribution in [2.75, 3.05) is 26.7 Å². The summed E-state index contributed by atoms with van der Waals surface area (Å²) < 4.78 is 4.83. The second-order valence-electron chi connectivity index (χ2n) is 5.99. The molecule has 0 aromatic carbocycles. The fourth-order valence-electron chi connectivity index (χ4n) is 2.91. The summed E-state index contributed by atoms with van der Waals surface area (Å²) in [6.45, 7) is -0.764. The Hall–Kier alpha value is -2.63. The van der Waals surface area contributed by atoms with E-state index in [1.807, 2.05) is 6.07 Å². The molecule has 24 heavy (non-hydrogen) atoms. The summed E-state index contributed by atoms with van der Waals surface area (Å²) in [6, 6.07) is 1.31. The SMILES string of the molecule is CN(CCC#N)C(=O)COC(=O)CN1C(=O)NC2(CCCC2)C1=O. The van der Waals surface area contributed by atoms with E-state index < -0.39 is 42.5 Å². The van der Waals surface area contributed by atoms with Crippen LogP contribution in [0.3, 0.4) is 0 Å². The molecule has 0 radical (unpaired) electrons. The number of likely N-dealkylation sites (N-methyl/N-ethyl adjacent to an activating group) is 1. The fraction of sp³-hybridized carbons (Fsp3) is 0.667. The van der Waals surface area contributed by atoms with Crippen LogP contribution in [-0.4, -0.2) is 65.9 Å². The van der Waals surface area contributed by atoms with Crippen LogP contribution in [-0.2, 0) is 19.1 Å². The number of hydrogen-bond donors (Lipinski definition) is 1. The van der Waals surface area contributed by atoms with Crippen LogP contribution in [0.4, 0.5) is 4.79 Å². The van der Waals surface area contributed by atoms with Crippen molar-refractivity contribution in [2.45, 2.75) is 37.6 Å². The maximum Gasteiger partial charge on any atom is 0.326 e. The fourth-order valence-corrected chi connectivity index (χ4v) is 2.91. The van der Waals surface area contributed by atoms with Crippen molar-refractivity contribution in [3.05, 3.63) is 0 Å². The van der Waals surface area contributed by atoms with Crippen LogP contribution in [0.5, 0.6) is 0 Å². The Morgan fingerprint density at radius 2 is 2.04 bits per heavy atom. The van der Waals surface area contributed by atoms with E-state index in [0.29, 0.717) is 12.8 Å².